The highest BCUT2D eigenvalue weighted by Crippen LogP contribution is 2.34. The molecular formula is C22H18ClN3O3S2. The second-order valence-electron chi connectivity index (χ2n) is 7.07. The predicted molar refractivity (Wildman–Crippen MR) is 124 cm³/mol. The van der Waals surface area contributed by atoms with Crippen molar-refractivity contribution in [3.05, 3.63) is 82.6 Å². The van der Waals surface area contributed by atoms with E-state index in [1.165, 1.54) is 35.6 Å². The summed E-state index contributed by atoms with van der Waals surface area (Å²) in [5.41, 5.74) is 2.78. The first-order valence-corrected chi connectivity index (χ1v) is 12.4. The smallest absolute Gasteiger partial charge is 0.260 e. The molecule has 0 saturated carbocycles. The second-order valence-corrected chi connectivity index (χ2v) is 10.5. The number of halogens is 1. The van der Waals surface area contributed by atoms with Crippen LogP contribution >= 0.6 is 22.9 Å². The van der Waals surface area contributed by atoms with Crippen molar-refractivity contribution in [3.63, 3.8) is 0 Å². The zero-order valence-electron chi connectivity index (χ0n) is 16.7. The zero-order valence-corrected chi connectivity index (χ0v) is 19.1. The van der Waals surface area contributed by atoms with Crippen LogP contribution in [0.1, 0.15) is 21.6 Å². The Morgan fingerprint density at radius 3 is 2.52 bits per heavy atom. The minimum absolute atomic E-state index is 0.158. The maximum Gasteiger partial charge on any atom is 0.260 e. The summed E-state index contributed by atoms with van der Waals surface area (Å²) >= 11 is 7.56. The molecule has 4 aromatic rings. The van der Waals surface area contributed by atoms with Crippen molar-refractivity contribution in [1.29, 1.82) is 0 Å². The number of hydrogen-bond acceptors (Lipinski definition) is 6. The van der Waals surface area contributed by atoms with Gasteiger partial charge in [-0.3, -0.25) is 14.7 Å². The zero-order chi connectivity index (χ0) is 22.2. The Balaban J connectivity index is 1.77. The monoisotopic (exact) mass is 471 g/mol. The largest absolute Gasteiger partial charge is 0.278 e. The molecular weight excluding hydrogens is 454 g/mol. The summed E-state index contributed by atoms with van der Waals surface area (Å²) in [6.45, 7) is 2.15. The number of aromatic nitrogens is 2. The standard InChI is InChI=1S/C22H18ClN3O3S2/c1-14-11-16(23)12-19-20(14)25-22(30-19)26(13-17-5-3-4-10-24-17)21(27)15-6-8-18(9-7-15)31(2,28)29/h3-12H,13H2,1-2H3. The van der Waals surface area contributed by atoms with Crippen LogP contribution in [-0.2, 0) is 16.4 Å². The molecule has 0 aliphatic carbocycles. The lowest BCUT2D eigenvalue weighted by molar-refractivity contribution is 0.0984. The maximum atomic E-state index is 13.4. The lowest BCUT2D eigenvalue weighted by Gasteiger charge is -2.19. The van der Waals surface area contributed by atoms with Crippen LogP contribution in [0.15, 0.2) is 65.7 Å². The molecule has 0 aliphatic rings. The number of pyridine rings is 1. The summed E-state index contributed by atoms with van der Waals surface area (Å²) < 4.78 is 24.4. The van der Waals surface area contributed by atoms with Gasteiger partial charge in [-0.15, -0.1) is 0 Å². The first-order chi connectivity index (χ1) is 14.7. The number of fused-ring (bicyclic) bond motifs is 1. The minimum Gasteiger partial charge on any atom is -0.278 e. The van der Waals surface area contributed by atoms with E-state index in [0.717, 1.165) is 22.0 Å². The Kier molecular flexibility index (Phi) is 5.79. The van der Waals surface area contributed by atoms with E-state index >= 15 is 0 Å². The average Bonchev–Trinajstić information content (AvgIpc) is 3.16. The number of thiazole rings is 1. The van der Waals surface area contributed by atoms with E-state index in [2.05, 4.69) is 4.98 Å². The van der Waals surface area contributed by atoms with Gasteiger partial charge < -0.3 is 0 Å². The van der Waals surface area contributed by atoms with Crippen molar-refractivity contribution < 1.29 is 13.2 Å². The number of carbonyl (C=O) groups is 1. The molecule has 0 N–H and O–H groups in total. The van der Waals surface area contributed by atoms with Gasteiger partial charge in [-0.1, -0.05) is 29.0 Å². The van der Waals surface area contributed by atoms with Gasteiger partial charge in [0.05, 0.1) is 27.4 Å². The van der Waals surface area contributed by atoms with Crippen LogP contribution in [0.5, 0.6) is 0 Å². The Bertz CT molecular complexity index is 1370. The number of benzene rings is 2. The highest BCUT2D eigenvalue weighted by Gasteiger charge is 2.23. The number of amides is 1. The van der Waals surface area contributed by atoms with Crippen LogP contribution in [0, 0.1) is 6.92 Å². The third kappa shape index (κ3) is 4.61. The first kappa shape index (κ1) is 21.4. The molecule has 31 heavy (non-hydrogen) atoms. The SMILES string of the molecule is Cc1cc(Cl)cc2sc(N(Cc3ccccn3)C(=O)c3ccc(S(C)(=O)=O)cc3)nc12. The van der Waals surface area contributed by atoms with Gasteiger partial charge >= 0.3 is 0 Å². The molecule has 2 aromatic heterocycles. The lowest BCUT2D eigenvalue weighted by Crippen LogP contribution is -2.30. The van der Waals surface area contributed by atoms with Gasteiger partial charge in [0.2, 0.25) is 0 Å². The normalized spacial score (nSPS) is 11.6. The Labute approximate surface area is 189 Å². The minimum atomic E-state index is -3.35. The topological polar surface area (TPSA) is 80.2 Å². The van der Waals surface area contributed by atoms with Crippen molar-refractivity contribution in [2.45, 2.75) is 18.4 Å². The van der Waals surface area contributed by atoms with E-state index in [9.17, 15) is 13.2 Å². The van der Waals surface area contributed by atoms with E-state index in [1.54, 1.807) is 11.1 Å². The van der Waals surface area contributed by atoms with Crippen molar-refractivity contribution in [2.75, 3.05) is 11.2 Å². The third-order valence-electron chi connectivity index (χ3n) is 4.69. The molecule has 0 spiro atoms. The molecule has 0 unspecified atom stereocenters. The van der Waals surface area contributed by atoms with Gasteiger partial charge in [-0.25, -0.2) is 13.4 Å². The van der Waals surface area contributed by atoms with Gasteiger partial charge in [-0.2, -0.15) is 0 Å². The highest BCUT2D eigenvalue weighted by molar-refractivity contribution is 7.90. The molecule has 0 fully saturated rings. The predicted octanol–water partition coefficient (Wildman–Crippen LogP) is 4.90. The molecule has 0 radical (unpaired) electrons. The van der Waals surface area contributed by atoms with Crippen molar-refractivity contribution in [2.24, 2.45) is 0 Å². The number of sulfone groups is 1. The number of hydrogen-bond donors (Lipinski definition) is 0. The Hall–Kier alpha value is -2.81. The third-order valence-corrected chi connectivity index (χ3v) is 7.06. The molecule has 0 aliphatic heterocycles. The van der Waals surface area contributed by atoms with Crippen LogP contribution in [0.25, 0.3) is 10.2 Å². The van der Waals surface area contributed by atoms with Crippen LogP contribution in [0.3, 0.4) is 0 Å². The molecule has 1 amide bonds. The Morgan fingerprint density at radius 1 is 1.13 bits per heavy atom. The number of anilines is 1. The second kappa shape index (κ2) is 8.37. The first-order valence-electron chi connectivity index (χ1n) is 9.31. The number of aryl methyl sites for hydroxylation is 1. The van der Waals surface area contributed by atoms with E-state index in [0.29, 0.717) is 21.4 Å². The lowest BCUT2D eigenvalue weighted by atomic mass is 10.2. The van der Waals surface area contributed by atoms with Crippen molar-refractivity contribution >= 4 is 54.0 Å². The van der Waals surface area contributed by atoms with E-state index < -0.39 is 9.84 Å². The van der Waals surface area contributed by atoms with E-state index in [1.807, 2.05) is 37.3 Å². The summed E-state index contributed by atoms with van der Waals surface area (Å²) in [5, 5.41) is 1.13. The molecule has 0 bridgehead atoms. The summed E-state index contributed by atoms with van der Waals surface area (Å²) in [4.78, 5) is 24.2. The van der Waals surface area contributed by atoms with Gasteiger partial charge in [0.1, 0.15) is 0 Å². The van der Waals surface area contributed by atoms with Crippen molar-refractivity contribution in [1.82, 2.24) is 9.97 Å². The van der Waals surface area contributed by atoms with Crippen molar-refractivity contribution in [3.8, 4) is 0 Å². The molecule has 2 heterocycles. The van der Waals surface area contributed by atoms with Gasteiger partial charge in [0.15, 0.2) is 15.0 Å². The number of nitrogens with zero attached hydrogens (tertiary/aromatic N) is 3. The van der Waals surface area contributed by atoms with E-state index in [4.69, 9.17) is 16.6 Å². The molecule has 0 atom stereocenters. The van der Waals surface area contributed by atoms with Crippen LogP contribution in [0.4, 0.5) is 5.13 Å². The summed E-state index contributed by atoms with van der Waals surface area (Å²) in [6.07, 6.45) is 2.80. The molecule has 9 heteroatoms. The Morgan fingerprint density at radius 2 is 1.87 bits per heavy atom. The quantitative estimate of drug-likeness (QED) is 0.413. The van der Waals surface area contributed by atoms with Gasteiger partial charge in [-0.05, 0) is 61.0 Å². The van der Waals surface area contributed by atoms with Crippen LogP contribution in [0.2, 0.25) is 5.02 Å². The van der Waals surface area contributed by atoms with E-state index in [-0.39, 0.29) is 17.3 Å². The fourth-order valence-electron chi connectivity index (χ4n) is 3.14. The molecule has 4 rings (SSSR count). The molecule has 158 valence electrons. The summed E-state index contributed by atoms with van der Waals surface area (Å²) in [5.74, 6) is -0.298. The fraction of sp³-hybridized carbons (Fsp3) is 0.136. The maximum absolute atomic E-state index is 13.4. The fourth-order valence-corrected chi connectivity index (χ4v) is 5.19. The molecule has 2 aromatic carbocycles. The summed E-state index contributed by atoms with van der Waals surface area (Å²) in [6, 6.07) is 15.1. The van der Waals surface area contributed by atoms with Crippen LogP contribution in [-0.4, -0.2) is 30.5 Å². The van der Waals surface area contributed by atoms with Crippen LogP contribution < -0.4 is 4.90 Å². The van der Waals surface area contributed by atoms with Gasteiger partial charge in [0, 0.05) is 23.0 Å². The average molecular weight is 472 g/mol. The highest BCUT2D eigenvalue weighted by atomic mass is 35.5. The number of rotatable bonds is 5. The molecule has 0 saturated heterocycles. The van der Waals surface area contributed by atoms with Gasteiger partial charge in [0.25, 0.3) is 5.91 Å². The molecule has 6 nitrogen and oxygen atoms in total. The number of carbonyl (C=O) groups excluding carboxylic acids is 1. The summed E-state index contributed by atoms with van der Waals surface area (Å²) in [7, 11) is -3.35.